The molecular formula is C26H29NO4. The summed E-state index contributed by atoms with van der Waals surface area (Å²) in [5.41, 5.74) is 4.52. The highest BCUT2D eigenvalue weighted by Crippen LogP contribution is 2.37. The molecule has 0 saturated carbocycles. The summed E-state index contributed by atoms with van der Waals surface area (Å²) in [7, 11) is 0. The van der Waals surface area contributed by atoms with E-state index in [4.69, 9.17) is 13.9 Å². The highest BCUT2D eigenvalue weighted by Gasteiger charge is 2.25. The molecule has 1 atom stereocenters. The molecule has 4 rings (SSSR count). The molecule has 5 nitrogen and oxygen atoms in total. The molecule has 0 spiro atoms. The van der Waals surface area contributed by atoms with Crippen molar-refractivity contribution in [2.45, 2.75) is 51.9 Å². The lowest BCUT2D eigenvalue weighted by Gasteiger charge is -2.12. The van der Waals surface area contributed by atoms with Gasteiger partial charge in [-0.2, -0.15) is 0 Å². The number of aryl methyl sites for hydroxylation is 3. The molecule has 0 fully saturated rings. The Morgan fingerprint density at radius 1 is 1.19 bits per heavy atom. The van der Waals surface area contributed by atoms with E-state index >= 15 is 0 Å². The van der Waals surface area contributed by atoms with Crippen LogP contribution in [0.15, 0.2) is 52.9 Å². The fourth-order valence-corrected chi connectivity index (χ4v) is 4.20. The smallest absolute Gasteiger partial charge is 0.306 e. The molecule has 1 aliphatic rings. The number of aromatic nitrogens is 1. The minimum Gasteiger partial charge on any atom is -0.494 e. The number of carbonyl (C=O) groups excluding carboxylic acids is 1. The predicted octanol–water partition coefficient (Wildman–Crippen LogP) is 5.64. The molecule has 1 heterocycles. The molecule has 0 radical (unpaired) electrons. The quantitative estimate of drug-likeness (QED) is 0.332. The van der Waals surface area contributed by atoms with E-state index in [1.807, 2.05) is 50.2 Å². The Labute approximate surface area is 183 Å². The third-order valence-electron chi connectivity index (χ3n) is 5.77. The first-order chi connectivity index (χ1) is 15.1. The van der Waals surface area contributed by atoms with Crippen molar-refractivity contribution in [1.82, 2.24) is 4.98 Å². The maximum Gasteiger partial charge on any atom is 0.306 e. The number of oxazole rings is 1. The molecular weight excluding hydrogens is 390 g/mol. The highest BCUT2D eigenvalue weighted by atomic mass is 16.5. The Bertz CT molecular complexity index is 1030. The topological polar surface area (TPSA) is 61.6 Å². The summed E-state index contributed by atoms with van der Waals surface area (Å²) >= 11 is 0. The van der Waals surface area contributed by atoms with Gasteiger partial charge < -0.3 is 13.9 Å². The molecule has 3 aromatic rings. The zero-order valence-corrected chi connectivity index (χ0v) is 18.2. The van der Waals surface area contributed by atoms with Gasteiger partial charge in [0.1, 0.15) is 11.5 Å². The van der Waals surface area contributed by atoms with Gasteiger partial charge in [-0.1, -0.05) is 24.3 Å². The Balaban J connectivity index is 1.28. The minimum atomic E-state index is -0.112. The zero-order chi connectivity index (χ0) is 21.6. The van der Waals surface area contributed by atoms with Crippen LogP contribution in [0.25, 0.3) is 11.5 Å². The van der Waals surface area contributed by atoms with Gasteiger partial charge in [0.2, 0.25) is 5.89 Å². The number of nitrogens with zero attached hydrogens (tertiary/aromatic N) is 1. The monoisotopic (exact) mass is 419 g/mol. The zero-order valence-electron chi connectivity index (χ0n) is 18.2. The van der Waals surface area contributed by atoms with Crippen molar-refractivity contribution in [2.24, 2.45) is 0 Å². The predicted molar refractivity (Wildman–Crippen MR) is 119 cm³/mol. The van der Waals surface area contributed by atoms with Gasteiger partial charge in [0, 0.05) is 5.56 Å². The first-order valence-corrected chi connectivity index (χ1v) is 11.1. The molecule has 0 N–H and O–H groups in total. The molecule has 31 heavy (non-hydrogen) atoms. The Kier molecular flexibility index (Phi) is 6.70. The van der Waals surface area contributed by atoms with Crippen molar-refractivity contribution in [3.63, 3.8) is 0 Å². The lowest BCUT2D eigenvalue weighted by molar-refractivity contribution is -0.143. The second kappa shape index (κ2) is 9.82. The van der Waals surface area contributed by atoms with E-state index in [0.717, 1.165) is 48.5 Å². The normalized spacial score (nSPS) is 15.0. The number of ether oxygens (including phenoxy) is 2. The average Bonchev–Trinajstić information content (AvgIpc) is 3.35. The van der Waals surface area contributed by atoms with Crippen molar-refractivity contribution in [3.05, 3.63) is 71.1 Å². The molecule has 1 aromatic heterocycles. The van der Waals surface area contributed by atoms with Crippen molar-refractivity contribution >= 4 is 5.97 Å². The van der Waals surface area contributed by atoms with E-state index in [1.54, 1.807) is 0 Å². The van der Waals surface area contributed by atoms with Crippen LogP contribution in [0.5, 0.6) is 5.75 Å². The number of esters is 1. The number of benzene rings is 2. The molecule has 0 bridgehead atoms. The minimum absolute atomic E-state index is 0.112. The maximum atomic E-state index is 11.8. The van der Waals surface area contributed by atoms with E-state index < -0.39 is 0 Å². The fraction of sp³-hybridized carbons (Fsp3) is 0.385. The van der Waals surface area contributed by atoms with Gasteiger partial charge in [0.15, 0.2) is 0 Å². The molecule has 0 aliphatic heterocycles. The van der Waals surface area contributed by atoms with Gasteiger partial charge in [-0.05, 0) is 80.8 Å². The lowest BCUT2D eigenvalue weighted by Crippen LogP contribution is -2.08. The molecule has 2 aromatic carbocycles. The summed E-state index contributed by atoms with van der Waals surface area (Å²) in [6, 6.07) is 16.2. The lowest BCUT2D eigenvalue weighted by atomic mass is 9.98. The van der Waals surface area contributed by atoms with Crippen LogP contribution in [0.1, 0.15) is 54.7 Å². The molecule has 0 amide bonds. The molecule has 5 heteroatoms. The third kappa shape index (κ3) is 5.16. The van der Waals surface area contributed by atoms with Gasteiger partial charge in [0.25, 0.3) is 0 Å². The van der Waals surface area contributed by atoms with Gasteiger partial charge in [-0.3, -0.25) is 4.79 Å². The van der Waals surface area contributed by atoms with Crippen LogP contribution >= 0.6 is 0 Å². The van der Waals surface area contributed by atoms with E-state index in [9.17, 15) is 4.79 Å². The summed E-state index contributed by atoms with van der Waals surface area (Å²) in [5.74, 6) is 2.57. The standard InChI is InChI=1S/C26H29NO4/c1-3-29-25(28)17-21-12-11-20-16-22(13-14-23(20)21)30-15-7-10-24-18(2)31-26(27-24)19-8-5-4-6-9-19/h4-6,8-9,13-14,16,21H,3,7,10-12,15,17H2,1-2H3/t21-/m0/s1. The van der Waals surface area contributed by atoms with Crippen LogP contribution in [0, 0.1) is 6.92 Å². The highest BCUT2D eigenvalue weighted by molar-refractivity contribution is 5.71. The van der Waals surface area contributed by atoms with E-state index in [1.165, 1.54) is 11.1 Å². The van der Waals surface area contributed by atoms with Crippen molar-refractivity contribution < 1.29 is 18.7 Å². The second-order valence-corrected chi connectivity index (χ2v) is 7.95. The van der Waals surface area contributed by atoms with Crippen LogP contribution in [0.2, 0.25) is 0 Å². The summed E-state index contributed by atoms with van der Waals surface area (Å²) in [6.45, 7) is 4.86. The summed E-state index contributed by atoms with van der Waals surface area (Å²) in [5, 5.41) is 0. The summed E-state index contributed by atoms with van der Waals surface area (Å²) in [6.07, 6.45) is 4.12. The largest absolute Gasteiger partial charge is 0.494 e. The van der Waals surface area contributed by atoms with Crippen molar-refractivity contribution in [1.29, 1.82) is 0 Å². The molecule has 1 aliphatic carbocycles. The van der Waals surface area contributed by atoms with Crippen LogP contribution in [0.3, 0.4) is 0 Å². The molecule has 0 saturated heterocycles. The maximum absolute atomic E-state index is 11.8. The van der Waals surface area contributed by atoms with Crippen LogP contribution in [0.4, 0.5) is 0 Å². The third-order valence-corrected chi connectivity index (χ3v) is 5.77. The summed E-state index contributed by atoms with van der Waals surface area (Å²) < 4.78 is 16.9. The van der Waals surface area contributed by atoms with E-state index in [0.29, 0.717) is 25.5 Å². The fourth-order valence-electron chi connectivity index (χ4n) is 4.20. The van der Waals surface area contributed by atoms with Gasteiger partial charge >= 0.3 is 5.97 Å². The van der Waals surface area contributed by atoms with Gasteiger partial charge in [-0.15, -0.1) is 0 Å². The molecule has 0 unspecified atom stereocenters. The Hall–Kier alpha value is -3.08. The van der Waals surface area contributed by atoms with Crippen molar-refractivity contribution in [3.8, 4) is 17.2 Å². The number of hydrogen-bond acceptors (Lipinski definition) is 5. The molecule has 162 valence electrons. The van der Waals surface area contributed by atoms with Crippen molar-refractivity contribution in [2.75, 3.05) is 13.2 Å². The number of hydrogen-bond donors (Lipinski definition) is 0. The van der Waals surface area contributed by atoms with Crippen LogP contribution in [-0.4, -0.2) is 24.2 Å². The first-order valence-electron chi connectivity index (χ1n) is 11.1. The Morgan fingerprint density at radius 2 is 2.03 bits per heavy atom. The number of fused-ring (bicyclic) bond motifs is 1. The first kappa shape index (κ1) is 21.2. The van der Waals surface area contributed by atoms with E-state index in [2.05, 4.69) is 17.1 Å². The van der Waals surface area contributed by atoms with Gasteiger partial charge in [-0.25, -0.2) is 4.98 Å². The Morgan fingerprint density at radius 3 is 2.84 bits per heavy atom. The van der Waals surface area contributed by atoms with Gasteiger partial charge in [0.05, 0.1) is 25.3 Å². The second-order valence-electron chi connectivity index (χ2n) is 7.95. The number of rotatable bonds is 9. The van der Waals surface area contributed by atoms with E-state index in [-0.39, 0.29) is 11.9 Å². The van der Waals surface area contributed by atoms with Crippen LogP contribution < -0.4 is 4.74 Å². The summed E-state index contributed by atoms with van der Waals surface area (Å²) in [4.78, 5) is 16.5. The number of carbonyl (C=O) groups is 1. The SMILES string of the molecule is CCOC(=O)C[C@@H]1CCc2cc(OCCCc3nc(-c4ccccc4)oc3C)ccc21. The van der Waals surface area contributed by atoms with Crippen LogP contribution in [-0.2, 0) is 22.4 Å². The average molecular weight is 420 g/mol.